The van der Waals surface area contributed by atoms with E-state index < -0.39 is 0 Å². The lowest BCUT2D eigenvalue weighted by Crippen LogP contribution is -1.88. The van der Waals surface area contributed by atoms with E-state index in [0.717, 1.165) is 18.4 Å². The number of halogens is 2. The molecule has 1 aromatic carbocycles. The van der Waals surface area contributed by atoms with Crippen LogP contribution in [0.1, 0.15) is 63.9 Å². The summed E-state index contributed by atoms with van der Waals surface area (Å²) < 4.78 is 0. The molecule has 0 amide bonds. The highest BCUT2D eigenvalue weighted by Gasteiger charge is 2.07. The Morgan fingerprint density at radius 1 is 0.895 bits per heavy atom. The van der Waals surface area contributed by atoms with E-state index >= 15 is 0 Å². The van der Waals surface area contributed by atoms with Crippen LogP contribution >= 0.6 is 23.2 Å². The molecule has 0 unspecified atom stereocenters. The van der Waals surface area contributed by atoms with Crippen LogP contribution in [0.25, 0.3) is 0 Å². The highest BCUT2D eigenvalue weighted by atomic mass is 35.5. The second-order valence-electron chi connectivity index (χ2n) is 5.12. The van der Waals surface area contributed by atoms with Crippen molar-refractivity contribution >= 4 is 23.2 Å². The molecule has 0 saturated carbocycles. The van der Waals surface area contributed by atoms with Crippen molar-refractivity contribution in [2.45, 2.75) is 64.7 Å². The third-order valence-corrected chi connectivity index (χ3v) is 3.91. The van der Waals surface area contributed by atoms with Crippen LogP contribution in [0.3, 0.4) is 0 Å². The summed E-state index contributed by atoms with van der Waals surface area (Å²) in [6.07, 6.45) is 11.1. The number of hydrogen-bond acceptors (Lipinski definition) is 1. The van der Waals surface area contributed by atoms with Crippen molar-refractivity contribution in [3.8, 4) is 5.75 Å². The summed E-state index contributed by atoms with van der Waals surface area (Å²) in [4.78, 5) is 0. The molecule has 1 rings (SSSR count). The number of hydrogen-bond donors (Lipinski definition) is 1. The van der Waals surface area contributed by atoms with Gasteiger partial charge in [0.2, 0.25) is 0 Å². The van der Waals surface area contributed by atoms with Gasteiger partial charge in [-0.2, -0.15) is 0 Å². The highest BCUT2D eigenvalue weighted by molar-refractivity contribution is 6.35. The van der Waals surface area contributed by atoms with Crippen LogP contribution < -0.4 is 0 Å². The Hall–Kier alpha value is -0.400. The second kappa shape index (κ2) is 9.50. The van der Waals surface area contributed by atoms with E-state index in [1.165, 1.54) is 44.9 Å². The maximum Gasteiger partial charge on any atom is 0.137 e. The zero-order chi connectivity index (χ0) is 14.1. The molecule has 1 aromatic rings. The second-order valence-corrected chi connectivity index (χ2v) is 5.96. The molecule has 0 aliphatic rings. The summed E-state index contributed by atoms with van der Waals surface area (Å²) in [5, 5.41) is 10.8. The van der Waals surface area contributed by atoms with Crippen molar-refractivity contribution in [1.29, 1.82) is 0 Å². The molecular weight excluding hydrogens is 279 g/mol. The van der Waals surface area contributed by atoms with Crippen LogP contribution in [0.5, 0.6) is 5.75 Å². The first-order valence-electron chi connectivity index (χ1n) is 7.32. The zero-order valence-corrected chi connectivity index (χ0v) is 13.2. The molecule has 108 valence electrons. The number of aryl methyl sites for hydroxylation is 1. The normalized spacial score (nSPS) is 10.9. The topological polar surface area (TPSA) is 20.2 Å². The Morgan fingerprint density at radius 2 is 1.47 bits per heavy atom. The third-order valence-electron chi connectivity index (χ3n) is 3.41. The fourth-order valence-corrected chi connectivity index (χ4v) is 2.79. The molecule has 0 fully saturated rings. The van der Waals surface area contributed by atoms with Crippen LogP contribution in [0.2, 0.25) is 10.0 Å². The SMILES string of the molecule is CCCCCCCCCCc1cc(Cl)cc(Cl)c1O. The minimum absolute atomic E-state index is 0.189. The maximum absolute atomic E-state index is 9.83. The molecule has 1 nitrogen and oxygen atoms in total. The fraction of sp³-hybridized carbons (Fsp3) is 0.625. The van der Waals surface area contributed by atoms with Crippen LogP contribution in [0, 0.1) is 0 Å². The summed E-state index contributed by atoms with van der Waals surface area (Å²) in [6.45, 7) is 2.24. The van der Waals surface area contributed by atoms with E-state index in [0.29, 0.717) is 10.0 Å². The first kappa shape index (κ1) is 16.7. The average Bonchev–Trinajstić information content (AvgIpc) is 2.38. The van der Waals surface area contributed by atoms with E-state index in [1.807, 2.05) is 6.07 Å². The number of phenols is 1. The van der Waals surface area contributed by atoms with Gasteiger partial charge in [-0.05, 0) is 30.5 Å². The number of aromatic hydroxyl groups is 1. The predicted octanol–water partition coefficient (Wildman–Crippen LogP) is 6.38. The van der Waals surface area contributed by atoms with Crippen LogP contribution in [0.4, 0.5) is 0 Å². The van der Waals surface area contributed by atoms with Gasteiger partial charge in [0.15, 0.2) is 0 Å². The van der Waals surface area contributed by atoms with E-state index in [1.54, 1.807) is 6.07 Å². The molecule has 19 heavy (non-hydrogen) atoms. The van der Waals surface area contributed by atoms with Crippen LogP contribution in [0.15, 0.2) is 12.1 Å². The molecule has 3 heteroatoms. The van der Waals surface area contributed by atoms with E-state index in [9.17, 15) is 5.11 Å². The number of benzene rings is 1. The van der Waals surface area contributed by atoms with Gasteiger partial charge in [0.05, 0.1) is 5.02 Å². The summed E-state index contributed by atoms with van der Waals surface area (Å²) in [7, 11) is 0. The van der Waals surface area contributed by atoms with Crippen molar-refractivity contribution in [2.24, 2.45) is 0 Å². The molecule has 0 aliphatic carbocycles. The molecule has 0 saturated heterocycles. The van der Waals surface area contributed by atoms with Crippen LogP contribution in [-0.4, -0.2) is 5.11 Å². The van der Waals surface area contributed by atoms with Crippen molar-refractivity contribution in [3.63, 3.8) is 0 Å². The summed E-state index contributed by atoms with van der Waals surface area (Å²) >= 11 is 11.8. The van der Waals surface area contributed by atoms with Crippen LogP contribution in [-0.2, 0) is 6.42 Å². The quantitative estimate of drug-likeness (QED) is 0.525. The van der Waals surface area contributed by atoms with Gasteiger partial charge in [-0.25, -0.2) is 0 Å². The Labute approximate surface area is 126 Å². The Bertz CT molecular complexity index is 377. The maximum atomic E-state index is 9.83. The van der Waals surface area contributed by atoms with E-state index in [4.69, 9.17) is 23.2 Å². The molecule has 0 bridgehead atoms. The lowest BCUT2D eigenvalue weighted by molar-refractivity contribution is 0.466. The van der Waals surface area contributed by atoms with Crippen molar-refractivity contribution in [1.82, 2.24) is 0 Å². The Kier molecular flexibility index (Phi) is 8.32. The molecular formula is C16H24Cl2O. The zero-order valence-electron chi connectivity index (χ0n) is 11.7. The lowest BCUT2D eigenvalue weighted by atomic mass is 10.0. The van der Waals surface area contributed by atoms with E-state index in [2.05, 4.69) is 6.92 Å². The van der Waals surface area contributed by atoms with Crippen molar-refractivity contribution in [3.05, 3.63) is 27.7 Å². The van der Waals surface area contributed by atoms with Gasteiger partial charge in [-0.15, -0.1) is 0 Å². The van der Waals surface area contributed by atoms with Gasteiger partial charge in [-0.3, -0.25) is 0 Å². The molecule has 1 N–H and O–H groups in total. The third kappa shape index (κ3) is 6.54. The van der Waals surface area contributed by atoms with Gasteiger partial charge < -0.3 is 5.11 Å². The smallest absolute Gasteiger partial charge is 0.137 e. The molecule has 0 radical (unpaired) electrons. The monoisotopic (exact) mass is 302 g/mol. The first-order chi connectivity index (χ1) is 9.15. The minimum Gasteiger partial charge on any atom is -0.506 e. The molecule has 0 atom stereocenters. The Balaban J connectivity index is 2.19. The number of unbranched alkanes of at least 4 members (excludes halogenated alkanes) is 7. The molecule has 0 aromatic heterocycles. The summed E-state index contributed by atoms with van der Waals surface area (Å²) in [5.74, 6) is 0.189. The van der Waals surface area contributed by atoms with Gasteiger partial charge in [0, 0.05) is 5.02 Å². The van der Waals surface area contributed by atoms with Gasteiger partial charge in [0.1, 0.15) is 5.75 Å². The molecule has 0 aliphatic heterocycles. The molecule has 0 spiro atoms. The number of phenolic OH excluding ortho intramolecular Hbond substituents is 1. The highest BCUT2D eigenvalue weighted by Crippen LogP contribution is 2.32. The van der Waals surface area contributed by atoms with Crippen molar-refractivity contribution < 1.29 is 5.11 Å². The predicted molar refractivity (Wildman–Crippen MR) is 84.4 cm³/mol. The first-order valence-corrected chi connectivity index (χ1v) is 8.07. The fourth-order valence-electron chi connectivity index (χ4n) is 2.26. The van der Waals surface area contributed by atoms with E-state index in [-0.39, 0.29) is 5.75 Å². The lowest BCUT2D eigenvalue weighted by Gasteiger charge is -2.07. The standard InChI is InChI=1S/C16H24Cl2O/c1-2-3-4-5-6-7-8-9-10-13-11-14(17)12-15(18)16(13)19/h11-12,19H,2-10H2,1H3. The summed E-state index contributed by atoms with van der Waals surface area (Å²) in [6, 6.07) is 3.39. The average molecular weight is 303 g/mol. The minimum atomic E-state index is 0.189. The van der Waals surface area contributed by atoms with Gasteiger partial charge in [0.25, 0.3) is 0 Å². The molecule has 0 heterocycles. The summed E-state index contributed by atoms with van der Waals surface area (Å²) in [5.41, 5.74) is 0.864. The van der Waals surface area contributed by atoms with Crippen molar-refractivity contribution in [2.75, 3.05) is 0 Å². The van der Waals surface area contributed by atoms with Gasteiger partial charge in [-0.1, -0.05) is 75.1 Å². The largest absolute Gasteiger partial charge is 0.506 e. The van der Waals surface area contributed by atoms with Gasteiger partial charge >= 0.3 is 0 Å². The number of rotatable bonds is 9. The Morgan fingerprint density at radius 3 is 2.11 bits per heavy atom.